The maximum Gasteiger partial charge on any atom is 0.481 e. The monoisotopic (exact) mass is 665 g/mol. The SMILES string of the molecule is CC(C)=CCC/C(C)=C/CC/C(C)=C/COP(=O)(O)OP(=O)(O)O.O=P(O)(O)C(O)(Cc1cccnc1)P(=O)(O)O. The minimum absolute atomic E-state index is 0.0988. The van der Waals surface area contributed by atoms with E-state index < -0.39 is 42.3 Å². The Morgan fingerprint density at radius 1 is 0.854 bits per heavy atom. The molecule has 1 atom stereocenters. The third kappa shape index (κ3) is 17.6. The molecular weight excluding hydrogens is 626 g/mol. The molecular formula is C22H39NO14P4. The number of aromatic nitrogens is 1. The summed E-state index contributed by atoms with van der Waals surface area (Å²) in [6.07, 6.45) is 11.2. The lowest BCUT2D eigenvalue weighted by atomic mass is 10.1. The van der Waals surface area contributed by atoms with Gasteiger partial charge >= 0.3 is 30.8 Å². The van der Waals surface area contributed by atoms with E-state index in [0.717, 1.165) is 37.5 Å². The summed E-state index contributed by atoms with van der Waals surface area (Å²) >= 11 is 0. The van der Waals surface area contributed by atoms with E-state index in [4.69, 9.17) is 34.3 Å². The summed E-state index contributed by atoms with van der Waals surface area (Å²) in [4.78, 5) is 65.2. The first-order valence-electron chi connectivity index (χ1n) is 11.9. The second kappa shape index (κ2) is 17.3. The number of nitrogens with zero attached hydrogens (tertiary/aromatic N) is 1. The summed E-state index contributed by atoms with van der Waals surface area (Å²) in [5.74, 6) is 0. The van der Waals surface area contributed by atoms with Gasteiger partial charge in [-0.3, -0.25) is 18.6 Å². The standard InChI is InChI=1S/C15H28O7P2.C7H11NO7P2/c1-13(2)7-5-8-14(3)9-6-10-15(4)11-12-21-24(19,20)22-23(16,17)18;9-7(16(10,11)12,17(13,14)15)4-6-2-1-3-8-5-6/h7,9,11H,5-6,8,10,12H2,1-4H3,(H,19,20)(H2,16,17,18);1-3,5,9H,4H2,(H2,10,11,12)(H2,13,14,15)/b14-9+,15-11+;. The first-order valence-corrected chi connectivity index (χ1v) is 18.2. The zero-order chi connectivity index (χ0) is 32.1. The lowest BCUT2D eigenvalue weighted by Crippen LogP contribution is -2.31. The maximum atomic E-state index is 11.2. The Morgan fingerprint density at radius 3 is 1.80 bits per heavy atom. The number of hydrogen-bond donors (Lipinski definition) is 8. The van der Waals surface area contributed by atoms with Crippen molar-refractivity contribution in [2.45, 2.75) is 64.9 Å². The van der Waals surface area contributed by atoms with E-state index in [1.807, 2.05) is 6.92 Å². The number of allylic oxidation sites excluding steroid dienone is 5. The summed E-state index contributed by atoms with van der Waals surface area (Å²) in [7, 11) is -20.6. The highest BCUT2D eigenvalue weighted by Crippen LogP contribution is 2.68. The van der Waals surface area contributed by atoms with Crippen molar-refractivity contribution in [2.24, 2.45) is 0 Å². The molecule has 0 saturated carbocycles. The van der Waals surface area contributed by atoms with Gasteiger partial charge in [0.2, 0.25) is 0 Å². The molecule has 0 bridgehead atoms. The van der Waals surface area contributed by atoms with Gasteiger partial charge in [0.25, 0.3) is 5.08 Å². The topological polar surface area (TPSA) is 261 Å². The van der Waals surface area contributed by atoms with Gasteiger partial charge in [0.1, 0.15) is 0 Å². The minimum atomic E-state index is -5.41. The van der Waals surface area contributed by atoms with Crippen LogP contribution in [0.4, 0.5) is 0 Å². The Balaban J connectivity index is 0.000000825. The molecule has 0 amide bonds. The Bertz CT molecular complexity index is 1220. The van der Waals surface area contributed by atoms with Crippen molar-refractivity contribution < 1.29 is 66.5 Å². The van der Waals surface area contributed by atoms with E-state index in [-0.39, 0.29) is 12.2 Å². The van der Waals surface area contributed by atoms with Gasteiger partial charge in [-0.05, 0) is 65.0 Å². The predicted molar refractivity (Wildman–Crippen MR) is 151 cm³/mol. The minimum Gasteiger partial charge on any atom is -0.367 e. The van der Waals surface area contributed by atoms with Crippen molar-refractivity contribution in [2.75, 3.05) is 6.61 Å². The molecule has 1 rings (SSSR count). The van der Waals surface area contributed by atoms with Gasteiger partial charge in [0.05, 0.1) is 6.61 Å². The Kier molecular flexibility index (Phi) is 16.8. The highest BCUT2D eigenvalue weighted by molar-refractivity contribution is 7.72. The van der Waals surface area contributed by atoms with Crippen LogP contribution in [-0.4, -0.2) is 56.0 Å². The number of phosphoric acid groups is 2. The van der Waals surface area contributed by atoms with Gasteiger partial charge in [0, 0.05) is 18.8 Å². The van der Waals surface area contributed by atoms with Crippen LogP contribution in [0.25, 0.3) is 0 Å². The fourth-order valence-corrected chi connectivity index (χ4v) is 6.58. The normalized spacial score (nSPS) is 15.0. The number of hydrogen-bond acceptors (Lipinski definition) is 8. The molecule has 15 nitrogen and oxygen atoms in total. The fourth-order valence-electron chi connectivity index (χ4n) is 2.92. The van der Waals surface area contributed by atoms with Crippen LogP contribution < -0.4 is 0 Å². The van der Waals surface area contributed by atoms with Crippen LogP contribution in [0.3, 0.4) is 0 Å². The maximum absolute atomic E-state index is 11.2. The molecule has 0 aliphatic carbocycles. The Hall–Kier alpha value is -1.11. The van der Waals surface area contributed by atoms with Crippen molar-refractivity contribution in [1.29, 1.82) is 0 Å². The van der Waals surface area contributed by atoms with Crippen LogP contribution >= 0.6 is 30.8 Å². The van der Waals surface area contributed by atoms with Crippen LogP contribution in [0.1, 0.15) is 58.9 Å². The summed E-state index contributed by atoms with van der Waals surface area (Å²) in [6, 6.07) is 2.75. The molecule has 41 heavy (non-hydrogen) atoms. The summed E-state index contributed by atoms with van der Waals surface area (Å²) in [5, 5.41) is 6.16. The van der Waals surface area contributed by atoms with Gasteiger partial charge in [0.15, 0.2) is 0 Å². The van der Waals surface area contributed by atoms with Crippen LogP contribution in [-0.2, 0) is 33.5 Å². The van der Waals surface area contributed by atoms with Crippen LogP contribution in [0, 0.1) is 0 Å². The van der Waals surface area contributed by atoms with E-state index >= 15 is 0 Å². The van der Waals surface area contributed by atoms with Crippen LogP contribution in [0.15, 0.2) is 59.5 Å². The first-order chi connectivity index (χ1) is 18.5. The van der Waals surface area contributed by atoms with E-state index in [2.05, 4.69) is 46.7 Å². The zero-order valence-electron chi connectivity index (χ0n) is 23.0. The summed E-state index contributed by atoms with van der Waals surface area (Å²) < 4.78 is 52.0. The van der Waals surface area contributed by atoms with Crippen molar-refractivity contribution in [1.82, 2.24) is 4.98 Å². The number of rotatable bonds is 15. The summed E-state index contributed by atoms with van der Waals surface area (Å²) in [6.45, 7) is 7.82. The number of aliphatic hydroxyl groups is 1. The predicted octanol–water partition coefficient (Wildman–Crippen LogP) is 4.26. The fraction of sp³-hybridized carbons (Fsp3) is 0.500. The van der Waals surface area contributed by atoms with E-state index in [1.54, 1.807) is 6.08 Å². The molecule has 0 aliphatic rings. The second-order valence-electron chi connectivity index (χ2n) is 9.20. The molecule has 0 aromatic carbocycles. The van der Waals surface area contributed by atoms with Crippen LogP contribution in [0.5, 0.6) is 0 Å². The Labute approximate surface area is 238 Å². The van der Waals surface area contributed by atoms with Gasteiger partial charge in [-0.15, -0.1) is 0 Å². The zero-order valence-corrected chi connectivity index (χ0v) is 26.6. The smallest absolute Gasteiger partial charge is 0.367 e. The van der Waals surface area contributed by atoms with Gasteiger partial charge < -0.3 is 39.4 Å². The Morgan fingerprint density at radius 2 is 1.37 bits per heavy atom. The second-order valence-corrected chi connectivity index (χ2v) is 16.0. The average Bonchev–Trinajstić information content (AvgIpc) is 2.76. The molecule has 1 unspecified atom stereocenters. The lowest BCUT2D eigenvalue weighted by molar-refractivity contribution is 0.131. The third-order valence-corrected chi connectivity index (χ3v) is 11.0. The molecule has 1 aromatic rings. The number of pyridine rings is 1. The van der Waals surface area contributed by atoms with E-state index in [0.29, 0.717) is 0 Å². The third-order valence-electron chi connectivity index (χ3n) is 5.10. The van der Waals surface area contributed by atoms with E-state index in [9.17, 15) is 23.4 Å². The van der Waals surface area contributed by atoms with Crippen molar-refractivity contribution in [3.05, 3.63) is 65.0 Å². The van der Waals surface area contributed by atoms with Crippen molar-refractivity contribution >= 4 is 30.8 Å². The van der Waals surface area contributed by atoms with E-state index in [1.165, 1.54) is 29.5 Å². The summed E-state index contributed by atoms with van der Waals surface area (Å²) in [5.41, 5.74) is 3.66. The molecule has 236 valence electrons. The molecule has 19 heteroatoms. The average molecular weight is 665 g/mol. The largest absolute Gasteiger partial charge is 0.481 e. The van der Waals surface area contributed by atoms with Gasteiger partial charge in [-0.25, -0.2) is 9.13 Å². The molecule has 0 aliphatic heterocycles. The molecule has 0 saturated heterocycles. The number of phosphoric ester groups is 1. The highest BCUT2D eigenvalue weighted by atomic mass is 31.3. The quantitative estimate of drug-likeness (QED) is 0.0961. The molecule has 8 N–H and O–H groups in total. The highest BCUT2D eigenvalue weighted by Gasteiger charge is 2.59. The molecule has 1 heterocycles. The molecule has 0 spiro atoms. The van der Waals surface area contributed by atoms with Crippen molar-refractivity contribution in [3.63, 3.8) is 0 Å². The first kappa shape index (κ1) is 39.9. The van der Waals surface area contributed by atoms with Crippen molar-refractivity contribution in [3.8, 4) is 0 Å². The van der Waals surface area contributed by atoms with Gasteiger partial charge in [-0.1, -0.05) is 41.0 Å². The molecule has 0 fully saturated rings. The van der Waals surface area contributed by atoms with Crippen LogP contribution in [0.2, 0.25) is 0 Å². The lowest BCUT2D eigenvalue weighted by Gasteiger charge is -2.29. The molecule has 1 aromatic heterocycles. The molecule has 0 radical (unpaired) electrons. The van der Waals surface area contributed by atoms with Gasteiger partial charge in [-0.2, -0.15) is 4.31 Å².